The summed E-state index contributed by atoms with van der Waals surface area (Å²) >= 11 is 0. The van der Waals surface area contributed by atoms with Gasteiger partial charge in [-0.25, -0.2) is 0 Å². The van der Waals surface area contributed by atoms with Gasteiger partial charge in [-0.3, -0.25) is 4.98 Å². The lowest BCUT2D eigenvalue weighted by Gasteiger charge is -2.18. The van der Waals surface area contributed by atoms with Crippen molar-refractivity contribution in [1.82, 2.24) is 10.3 Å². The van der Waals surface area contributed by atoms with Crippen molar-refractivity contribution in [1.29, 1.82) is 0 Å². The fourth-order valence-corrected chi connectivity index (χ4v) is 3.72. The van der Waals surface area contributed by atoms with Gasteiger partial charge in [0.25, 0.3) is 0 Å². The van der Waals surface area contributed by atoms with Crippen molar-refractivity contribution < 1.29 is 14.2 Å². The first-order valence-electron chi connectivity index (χ1n) is 10.8. The van der Waals surface area contributed by atoms with Gasteiger partial charge in [-0.2, -0.15) is 0 Å². The van der Waals surface area contributed by atoms with E-state index in [1.807, 2.05) is 13.0 Å². The smallest absolute Gasteiger partial charge is 0.187 e. The van der Waals surface area contributed by atoms with Crippen LogP contribution < -0.4 is 10.1 Å². The van der Waals surface area contributed by atoms with Crippen LogP contribution in [0.1, 0.15) is 67.0 Å². The SMILES string of the molecule is CCCCNCCCCOc1c(C)nc(Cc2ccccc2)c2c1C(OC)OC2.Cl.Cl. The zero-order valence-electron chi connectivity index (χ0n) is 18.8. The van der Waals surface area contributed by atoms with E-state index < -0.39 is 0 Å². The number of methoxy groups -OCH3 is 1. The number of ether oxygens (including phenoxy) is 3. The van der Waals surface area contributed by atoms with Crippen LogP contribution in [-0.2, 0) is 22.5 Å². The number of aromatic nitrogens is 1. The summed E-state index contributed by atoms with van der Waals surface area (Å²) < 4.78 is 17.7. The van der Waals surface area contributed by atoms with Crippen LogP contribution in [0.15, 0.2) is 30.3 Å². The number of aryl methyl sites for hydroxylation is 1. The summed E-state index contributed by atoms with van der Waals surface area (Å²) in [5.41, 5.74) is 5.33. The predicted octanol–water partition coefficient (Wildman–Crippen LogP) is 5.55. The molecule has 0 amide bonds. The van der Waals surface area contributed by atoms with Crippen LogP contribution >= 0.6 is 24.8 Å². The number of nitrogens with one attached hydrogen (secondary N) is 1. The molecule has 0 fully saturated rings. The molecule has 0 radical (unpaired) electrons. The molecule has 1 unspecified atom stereocenters. The third kappa shape index (κ3) is 7.62. The molecule has 5 nitrogen and oxygen atoms in total. The zero-order chi connectivity index (χ0) is 20.5. The molecule has 0 aliphatic carbocycles. The first kappa shape index (κ1) is 27.7. The highest BCUT2D eigenvalue weighted by molar-refractivity contribution is 5.85. The lowest BCUT2D eigenvalue weighted by Crippen LogP contribution is -2.17. The molecular weight excluding hydrogens is 435 g/mol. The second-order valence-corrected chi connectivity index (χ2v) is 7.57. The molecule has 1 N–H and O–H groups in total. The van der Waals surface area contributed by atoms with E-state index >= 15 is 0 Å². The molecule has 7 heteroatoms. The number of hydrogen-bond donors (Lipinski definition) is 1. The molecule has 174 valence electrons. The van der Waals surface area contributed by atoms with E-state index in [0.717, 1.165) is 60.6 Å². The van der Waals surface area contributed by atoms with Gasteiger partial charge in [0.2, 0.25) is 0 Å². The number of halogens is 2. The summed E-state index contributed by atoms with van der Waals surface area (Å²) in [5.74, 6) is 0.833. The van der Waals surface area contributed by atoms with Gasteiger partial charge in [-0.05, 0) is 44.8 Å². The van der Waals surface area contributed by atoms with Crippen molar-refractivity contribution in [3.8, 4) is 5.75 Å². The number of hydrogen-bond acceptors (Lipinski definition) is 5. The fraction of sp³-hybridized carbons (Fsp3) is 0.542. The van der Waals surface area contributed by atoms with Crippen LogP contribution in [0.25, 0.3) is 0 Å². The molecule has 0 spiro atoms. The van der Waals surface area contributed by atoms with E-state index in [0.29, 0.717) is 13.2 Å². The number of nitrogens with zero attached hydrogens (tertiary/aromatic N) is 1. The molecule has 1 aromatic carbocycles. The first-order chi connectivity index (χ1) is 14.2. The maximum Gasteiger partial charge on any atom is 0.187 e. The van der Waals surface area contributed by atoms with Crippen molar-refractivity contribution in [3.05, 3.63) is 58.4 Å². The van der Waals surface area contributed by atoms with E-state index in [9.17, 15) is 0 Å². The van der Waals surface area contributed by atoms with E-state index in [4.69, 9.17) is 19.2 Å². The molecule has 2 aromatic rings. The molecular formula is C24H36Cl2N2O3. The third-order valence-electron chi connectivity index (χ3n) is 5.29. The van der Waals surface area contributed by atoms with Crippen LogP contribution in [0.2, 0.25) is 0 Å². The molecule has 1 aliphatic heterocycles. The Morgan fingerprint density at radius 1 is 1.10 bits per heavy atom. The van der Waals surface area contributed by atoms with Gasteiger partial charge in [0.1, 0.15) is 5.75 Å². The largest absolute Gasteiger partial charge is 0.491 e. The third-order valence-corrected chi connectivity index (χ3v) is 5.29. The molecule has 2 heterocycles. The first-order valence-corrected chi connectivity index (χ1v) is 10.8. The number of benzene rings is 1. The summed E-state index contributed by atoms with van der Waals surface area (Å²) in [6, 6.07) is 10.4. The Morgan fingerprint density at radius 2 is 1.84 bits per heavy atom. The van der Waals surface area contributed by atoms with E-state index in [1.165, 1.54) is 18.4 Å². The minimum absolute atomic E-state index is 0. The topological polar surface area (TPSA) is 52.6 Å². The number of unbranched alkanes of at least 4 members (excludes halogenated alkanes) is 2. The number of fused-ring (bicyclic) bond motifs is 1. The van der Waals surface area contributed by atoms with Gasteiger partial charge in [0.05, 0.1) is 30.2 Å². The average Bonchev–Trinajstić information content (AvgIpc) is 3.17. The summed E-state index contributed by atoms with van der Waals surface area (Å²) in [7, 11) is 1.68. The Balaban J connectivity index is 0.00000240. The Labute approximate surface area is 199 Å². The quantitative estimate of drug-likeness (QED) is 0.412. The van der Waals surface area contributed by atoms with Gasteiger partial charge >= 0.3 is 0 Å². The average molecular weight is 471 g/mol. The van der Waals surface area contributed by atoms with Crippen LogP contribution in [0.4, 0.5) is 0 Å². The molecule has 1 atom stereocenters. The molecule has 1 aliphatic rings. The molecule has 3 rings (SSSR count). The van der Waals surface area contributed by atoms with Gasteiger partial charge < -0.3 is 19.5 Å². The highest BCUT2D eigenvalue weighted by atomic mass is 35.5. The molecule has 0 saturated heterocycles. The van der Waals surface area contributed by atoms with Crippen molar-refractivity contribution in [2.75, 3.05) is 26.8 Å². The fourth-order valence-electron chi connectivity index (χ4n) is 3.72. The van der Waals surface area contributed by atoms with E-state index in [2.05, 4.69) is 36.5 Å². The Hall–Kier alpha value is -1.37. The van der Waals surface area contributed by atoms with Crippen molar-refractivity contribution in [2.45, 2.75) is 58.8 Å². The standard InChI is InChI=1S/C24H34N2O3.2ClH/c1-4-5-13-25-14-9-10-15-28-23-18(2)26-21(16-19-11-7-6-8-12-19)20-17-29-24(27-3)22(20)23;;/h6-8,11-12,24-25H,4-5,9-10,13-17H2,1-3H3;2*1H. The van der Waals surface area contributed by atoms with Gasteiger partial charge in [0, 0.05) is 19.1 Å². The second kappa shape index (κ2) is 14.6. The molecule has 0 bridgehead atoms. The van der Waals surface area contributed by atoms with Crippen LogP contribution in [0, 0.1) is 6.92 Å². The van der Waals surface area contributed by atoms with Crippen LogP contribution in [0.3, 0.4) is 0 Å². The minimum atomic E-state index is -0.382. The van der Waals surface area contributed by atoms with Crippen molar-refractivity contribution >= 4 is 24.8 Å². The van der Waals surface area contributed by atoms with Gasteiger partial charge in [0.15, 0.2) is 6.29 Å². The predicted molar refractivity (Wildman–Crippen MR) is 130 cm³/mol. The molecule has 1 aromatic heterocycles. The van der Waals surface area contributed by atoms with E-state index in [1.54, 1.807) is 7.11 Å². The molecule has 31 heavy (non-hydrogen) atoms. The van der Waals surface area contributed by atoms with Crippen molar-refractivity contribution in [2.24, 2.45) is 0 Å². The maximum absolute atomic E-state index is 6.19. The van der Waals surface area contributed by atoms with Crippen LogP contribution in [-0.4, -0.2) is 31.8 Å². The Kier molecular flexibility index (Phi) is 13.1. The summed E-state index contributed by atoms with van der Waals surface area (Å²) in [4.78, 5) is 4.88. The lowest BCUT2D eigenvalue weighted by molar-refractivity contribution is -0.119. The summed E-state index contributed by atoms with van der Waals surface area (Å²) in [6.45, 7) is 7.57. The van der Waals surface area contributed by atoms with Gasteiger partial charge in [-0.15, -0.1) is 24.8 Å². The highest BCUT2D eigenvalue weighted by Crippen LogP contribution is 2.41. The maximum atomic E-state index is 6.19. The van der Waals surface area contributed by atoms with Crippen LogP contribution in [0.5, 0.6) is 5.75 Å². The number of pyridine rings is 1. The monoisotopic (exact) mass is 470 g/mol. The molecule has 0 saturated carbocycles. The second-order valence-electron chi connectivity index (χ2n) is 7.57. The van der Waals surface area contributed by atoms with Gasteiger partial charge in [-0.1, -0.05) is 43.7 Å². The normalized spacial score (nSPS) is 14.5. The lowest BCUT2D eigenvalue weighted by atomic mass is 10.0. The Bertz CT molecular complexity index is 775. The minimum Gasteiger partial charge on any atom is -0.491 e. The Morgan fingerprint density at radius 3 is 2.55 bits per heavy atom. The summed E-state index contributed by atoms with van der Waals surface area (Å²) in [5, 5.41) is 3.48. The summed E-state index contributed by atoms with van der Waals surface area (Å²) in [6.07, 6.45) is 4.99. The van der Waals surface area contributed by atoms with Crippen molar-refractivity contribution in [3.63, 3.8) is 0 Å². The zero-order valence-corrected chi connectivity index (χ0v) is 20.4. The highest BCUT2D eigenvalue weighted by Gasteiger charge is 2.32. The van der Waals surface area contributed by atoms with E-state index in [-0.39, 0.29) is 31.1 Å². The number of rotatable bonds is 12.